The van der Waals surface area contributed by atoms with Crippen molar-refractivity contribution in [3.63, 3.8) is 0 Å². The Bertz CT molecular complexity index is 935. The summed E-state index contributed by atoms with van der Waals surface area (Å²) in [5.74, 6) is 0. The van der Waals surface area contributed by atoms with E-state index < -0.39 is 115 Å². The number of hydrogen-bond acceptors (Lipinski definition) is 17. The Hall–Kier alpha value is -0.390. The van der Waals surface area contributed by atoms with Crippen LogP contribution < -0.4 is 17.2 Å². The lowest BCUT2D eigenvalue weighted by Gasteiger charge is -2.67. The molecule has 248 valence electrons. The Labute approximate surface area is 247 Å². The van der Waals surface area contributed by atoms with Crippen LogP contribution in [0.25, 0.3) is 0 Å². The van der Waals surface area contributed by atoms with Gasteiger partial charge in [-0.1, -0.05) is 18.5 Å². The summed E-state index contributed by atoms with van der Waals surface area (Å²) in [6.45, 7) is 2.45. The van der Waals surface area contributed by atoms with Crippen LogP contribution in [0, 0.1) is 0 Å². The molecule has 15 N–H and O–H groups in total. The van der Waals surface area contributed by atoms with E-state index in [1.54, 1.807) is 0 Å². The minimum absolute atomic E-state index is 0.128. The second-order valence-electron chi connectivity index (χ2n) is 11.8. The van der Waals surface area contributed by atoms with Gasteiger partial charge >= 0.3 is 0 Å². The van der Waals surface area contributed by atoms with Crippen molar-refractivity contribution in [2.75, 3.05) is 19.8 Å². The lowest BCUT2D eigenvalue weighted by molar-refractivity contribution is -0.429. The Morgan fingerprint density at radius 1 is 0.881 bits per heavy atom. The highest BCUT2D eigenvalue weighted by molar-refractivity contribution is 6.23. The first-order valence-electron chi connectivity index (χ1n) is 13.6. The molecule has 0 spiro atoms. The Balaban J connectivity index is 1.97. The third-order valence-electron chi connectivity index (χ3n) is 9.25. The van der Waals surface area contributed by atoms with E-state index in [0.29, 0.717) is 0 Å². The third-order valence-corrected chi connectivity index (χ3v) is 9.73. The summed E-state index contributed by atoms with van der Waals surface area (Å²) in [7, 11) is 0. The maximum atomic E-state index is 11.7. The number of aliphatic hydroxyl groups is 9. The number of aliphatic hydroxyl groups excluding tert-OH is 7. The first kappa shape index (κ1) is 36.1. The van der Waals surface area contributed by atoms with Crippen molar-refractivity contribution < 1.29 is 69.6 Å². The van der Waals surface area contributed by atoms with Gasteiger partial charge in [0, 0.05) is 0 Å². The van der Waals surface area contributed by atoms with Crippen molar-refractivity contribution in [3.05, 3.63) is 0 Å². The van der Waals surface area contributed by atoms with Crippen LogP contribution in [0.5, 0.6) is 0 Å². The number of ether oxygens (including phenoxy) is 5. The van der Waals surface area contributed by atoms with E-state index in [4.69, 9.17) is 52.5 Å². The number of halogens is 1. The Morgan fingerprint density at radius 2 is 1.40 bits per heavy atom. The fourth-order valence-corrected chi connectivity index (χ4v) is 6.37. The molecule has 0 radical (unpaired) electrons. The van der Waals surface area contributed by atoms with E-state index in [1.165, 1.54) is 13.8 Å². The van der Waals surface area contributed by atoms with Gasteiger partial charge in [-0.3, -0.25) is 0 Å². The van der Waals surface area contributed by atoms with Gasteiger partial charge in [0.15, 0.2) is 12.6 Å². The van der Waals surface area contributed by atoms with Crippen LogP contribution in [0.3, 0.4) is 0 Å². The molecule has 0 aromatic heterocycles. The fraction of sp³-hybridized carbons (Fsp3) is 1.00. The second-order valence-corrected chi connectivity index (χ2v) is 12.3. The van der Waals surface area contributed by atoms with Crippen molar-refractivity contribution in [2.45, 2.75) is 129 Å². The number of hydrogen-bond donors (Lipinski definition) is 12. The summed E-state index contributed by atoms with van der Waals surface area (Å²) in [5.41, 5.74) is 9.02. The lowest BCUT2D eigenvalue weighted by Crippen LogP contribution is -2.90. The molecule has 3 saturated heterocycles. The second kappa shape index (κ2) is 12.4. The molecule has 0 bridgehead atoms. The fourth-order valence-electron chi connectivity index (χ4n) is 5.79. The van der Waals surface area contributed by atoms with Crippen LogP contribution in [-0.2, 0) is 23.7 Å². The minimum Gasteiger partial charge on any atom is -0.394 e. The van der Waals surface area contributed by atoms with E-state index in [0.717, 1.165) is 13.8 Å². The molecule has 0 saturated carbocycles. The topological polar surface area (TPSA) is 306 Å². The standard InChI is InChI=1S/C24H46ClN3O14/c1-5-11(32)23(28)22(4,37)21(3,36)20(2,8-31)42-24(23,25)41-17-10(7-30)39-19(13(27)15(17)34)40-16-9(6-29)38-18(35)12(26)14(16)33/h9-19,29-37H,5-8,26-28H2,1-4H3/t9-,10-,11?,12-,13-,14-,15-,16?,17?,18-,19+,20-,21-,22+,23-,24+/m1/s1. The largest absolute Gasteiger partial charge is 0.394 e. The summed E-state index contributed by atoms with van der Waals surface area (Å²) in [6, 6.07) is -2.84. The van der Waals surface area contributed by atoms with Gasteiger partial charge in [-0.05, 0) is 27.2 Å². The highest BCUT2D eigenvalue weighted by Gasteiger charge is 2.79. The normalized spacial score (nSPS) is 54.5. The van der Waals surface area contributed by atoms with E-state index >= 15 is 0 Å². The summed E-state index contributed by atoms with van der Waals surface area (Å²) >= 11 is 6.83. The van der Waals surface area contributed by atoms with Gasteiger partial charge < -0.3 is 86.8 Å². The molecule has 3 aliphatic heterocycles. The molecule has 3 fully saturated rings. The monoisotopic (exact) mass is 635 g/mol. The molecule has 17 nitrogen and oxygen atoms in total. The van der Waals surface area contributed by atoms with Crippen molar-refractivity contribution in [3.8, 4) is 0 Å². The van der Waals surface area contributed by atoms with E-state index in [1.807, 2.05) is 0 Å². The smallest absolute Gasteiger partial charge is 0.273 e. The van der Waals surface area contributed by atoms with E-state index in [9.17, 15) is 46.0 Å². The summed E-state index contributed by atoms with van der Waals surface area (Å²) < 4.78 is 28.4. The number of rotatable bonds is 9. The van der Waals surface area contributed by atoms with Gasteiger partial charge in [0.05, 0.1) is 38.0 Å². The molecule has 18 heteroatoms. The maximum absolute atomic E-state index is 11.7. The Kier molecular flexibility index (Phi) is 10.7. The zero-order valence-electron chi connectivity index (χ0n) is 23.9. The van der Waals surface area contributed by atoms with Crippen molar-refractivity contribution in [2.24, 2.45) is 17.2 Å². The zero-order chi connectivity index (χ0) is 32.2. The summed E-state index contributed by atoms with van der Waals surface area (Å²) in [6.07, 6.45) is -14.3. The average molecular weight is 636 g/mol. The van der Waals surface area contributed by atoms with Crippen LogP contribution in [0.15, 0.2) is 0 Å². The number of alkyl halides is 1. The van der Waals surface area contributed by atoms with Gasteiger partial charge in [-0.25, -0.2) is 0 Å². The average Bonchev–Trinajstić information content (AvgIpc) is 2.94. The molecule has 16 atom stereocenters. The minimum atomic E-state index is -2.81. The molecular weight excluding hydrogens is 590 g/mol. The highest BCUT2D eigenvalue weighted by atomic mass is 35.5. The van der Waals surface area contributed by atoms with Crippen LogP contribution in [0.4, 0.5) is 0 Å². The van der Waals surface area contributed by atoms with Gasteiger partial charge in [0.25, 0.3) is 5.25 Å². The number of nitrogens with two attached hydrogens (primary N) is 3. The van der Waals surface area contributed by atoms with Crippen LogP contribution in [-0.4, -0.2) is 161 Å². The summed E-state index contributed by atoms with van der Waals surface area (Å²) in [5, 5.41) is 92.9. The third kappa shape index (κ3) is 5.29. The molecule has 3 rings (SSSR count). The molecule has 42 heavy (non-hydrogen) atoms. The van der Waals surface area contributed by atoms with Gasteiger partial charge in [0.2, 0.25) is 0 Å². The predicted molar refractivity (Wildman–Crippen MR) is 141 cm³/mol. The first-order valence-corrected chi connectivity index (χ1v) is 14.0. The SMILES string of the molecule is CCC(O)[C@]1(N)[C@](Cl)(OC2[C@@H](CO)O[C@@H](OC3[C@@H](CO)O[C@@H](O)[C@H](N)[C@H]3O)[C@H](N)[C@H]2O)O[C@](C)(CO)[C@@](C)(O)[C@]1(C)O. The van der Waals surface area contributed by atoms with Crippen LogP contribution in [0.2, 0.25) is 0 Å². The quantitative estimate of drug-likeness (QED) is 0.105. The molecule has 3 heterocycles. The molecule has 0 aliphatic carbocycles. The zero-order valence-corrected chi connectivity index (χ0v) is 24.6. The van der Waals surface area contributed by atoms with Crippen LogP contribution >= 0.6 is 11.6 Å². The maximum Gasteiger partial charge on any atom is 0.273 e. The van der Waals surface area contributed by atoms with Gasteiger partial charge in [-0.15, -0.1) is 0 Å². The lowest BCUT2D eigenvalue weighted by atomic mass is 9.59. The van der Waals surface area contributed by atoms with Gasteiger partial charge in [-0.2, -0.15) is 0 Å². The Morgan fingerprint density at radius 3 is 1.90 bits per heavy atom. The molecule has 0 aromatic rings. The van der Waals surface area contributed by atoms with E-state index in [-0.39, 0.29) is 6.42 Å². The highest BCUT2D eigenvalue weighted by Crippen LogP contribution is 2.56. The molecule has 0 aromatic carbocycles. The molecule has 3 aliphatic rings. The van der Waals surface area contributed by atoms with E-state index in [2.05, 4.69) is 0 Å². The first-order chi connectivity index (χ1) is 19.2. The van der Waals surface area contributed by atoms with Crippen molar-refractivity contribution in [1.29, 1.82) is 0 Å². The predicted octanol–water partition coefficient (Wildman–Crippen LogP) is -5.80. The van der Waals surface area contributed by atoms with Gasteiger partial charge in [0.1, 0.15) is 59.0 Å². The summed E-state index contributed by atoms with van der Waals surface area (Å²) in [4.78, 5) is 0. The molecule has 0 amide bonds. The van der Waals surface area contributed by atoms with Crippen LogP contribution in [0.1, 0.15) is 34.1 Å². The van der Waals surface area contributed by atoms with Crippen molar-refractivity contribution >= 4 is 11.6 Å². The molecule has 3 unspecified atom stereocenters. The molecular formula is C24H46ClN3O14. The van der Waals surface area contributed by atoms with Crippen molar-refractivity contribution in [1.82, 2.24) is 0 Å².